The first-order valence-electron chi connectivity index (χ1n) is 8.96. The largest absolute Gasteiger partial charge is 0.293 e. The van der Waals surface area contributed by atoms with Gasteiger partial charge in [0, 0.05) is 34.2 Å². The molecule has 0 aliphatic heterocycles. The molecule has 4 aromatic rings. The molecule has 5 nitrogen and oxygen atoms in total. The van der Waals surface area contributed by atoms with Crippen LogP contribution in [0.15, 0.2) is 78.2 Å². The number of nitrogens with zero attached hydrogens (tertiary/aromatic N) is 4. The molecule has 0 amide bonds. The summed E-state index contributed by atoms with van der Waals surface area (Å²) in [6.45, 7) is 2.00. The Kier molecular flexibility index (Phi) is 5.74. The summed E-state index contributed by atoms with van der Waals surface area (Å²) in [5.74, 6) is 0.997. The molecule has 0 aliphatic rings. The smallest absolute Gasteiger partial charge is 0.196 e. The van der Waals surface area contributed by atoms with Crippen LogP contribution in [-0.4, -0.2) is 31.3 Å². The molecule has 0 N–H and O–H groups in total. The van der Waals surface area contributed by atoms with E-state index in [0.717, 1.165) is 16.8 Å². The number of thioether (sulfide) groups is 1. The molecule has 7 heteroatoms. The van der Waals surface area contributed by atoms with Crippen LogP contribution < -0.4 is 0 Å². The fourth-order valence-corrected chi connectivity index (χ4v) is 3.80. The average molecular weight is 421 g/mol. The first kappa shape index (κ1) is 19.4. The van der Waals surface area contributed by atoms with Gasteiger partial charge in [0.25, 0.3) is 0 Å². The molecule has 2 heterocycles. The quantitative estimate of drug-likeness (QED) is 0.314. The van der Waals surface area contributed by atoms with Crippen molar-refractivity contribution in [1.29, 1.82) is 0 Å². The van der Waals surface area contributed by atoms with Crippen LogP contribution >= 0.6 is 23.4 Å². The zero-order valence-electron chi connectivity index (χ0n) is 15.6. The number of pyridine rings is 1. The van der Waals surface area contributed by atoms with Crippen molar-refractivity contribution in [3.8, 4) is 17.1 Å². The van der Waals surface area contributed by atoms with Crippen molar-refractivity contribution < 1.29 is 4.79 Å². The zero-order valence-corrected chi connectivity index (χ0v) is 17.2. The van der Waals surface area contributed by atoms with E-state index < -0.39 is 0 Å². The molecule has 0 aliphatic carbocycles. The summed E-state index contributed by atoms with van der Waals surface area (Å²) in [5, 5.41) is 10.00. The molecule has 0 fully saturated rings. The second-order valence-electron chi connectivity index (χ2n) is 6.43. The van der Waals surface area contributed by atoms with Gasteiger partial charge in [0.15, 0.2) is 16.8 Å². The van der Waals surface area contributed by atoms with Gasteiger partial charge in [0.1, 0.15) is 0 Å². The summed E-state index contributed by atoms with van der Waals surface area (Å²) in [5.41, 5.74) is 3.57. The van der Waals surface area contributed by atoms with Crippen LogP contribution in [0.2, 0.25) is 5.02 Å². The molecule has 29 heavy (non-hydrogen) atoms. The highest BCUT2D eigenvalue weighted by Crippen LogP contribution is 2.28. The van der Waals surface area contributed by atoms with Gasteiger partial charge >= 0.3 is 0 Å². The Morgan fingerprint density at radius 2 is 1.66 bits per heavy atom. The molecule has 0 spiro atoms. The summed E-state index contributed by atoms with van der Waals surface area (Å²) >= 11 is 7.41. The van der Waals surface area contributed by atoms with E-state index in [0.29, 0.717) is 21.6 Å². The number of Topliss-reactive ketones (excluding diaryl/α,β-unsaturated/α-hetero) is 1. The number of carbonyl (C=O) groups excluding carboxylic acids is 1. The second kappa shape index (κ2) is 8.59. The Morgan fingerprint density at radius 1 is 0.966 bits per heavy atom. The summed E-state index contributed by atoms with van der Waals surface area (Å²) in [6.07, 6.45) is 3.42. The van der Waals surface area contributed by atoms with Crippen LogP contribution in [0.5, 0.6) is 0 Å². The molecule has 0 unspecified atom stereocenters. The molecule has 2 aromatic heterocycles. The topological polar surface area (TPSA) is 60.7 Å². The second-order valence-corrected chi connectivity index (χ2v) is 7.81. The number of ketones is 1. The van der Waals surface area contributed by atoms with Gasteiger partial charge in [0.05, 0.1) is 5.75 Å². The van der Waals surface area contributed by atoms with Crippen LogP contribution in [-0.2, 0) is 0 Å². The number of halogens is 1. The predicted octanol–water partition coefficient (Wildman–Crippen LogP) is 5.27. The fraction of sp³-hybridized carbons (Fsp3) is 0.0909. The van der Waals surface area contributed by atoms with Crippen molar-refractivity contribution in [3.05, 3.63) is 89.2 Å². The molecule has 0 atom stereocenters. The van der Waals surface area contributed by atoms with E-state index in [1.165, 1.54) is 11.8 Å². The van der Waals surface area contributed by atoms with Gasteiger partial charge < -0.3 is 0 Å². The van der Waals surface area contributed by atoms with E-state index in [-0.39, 0.29) is 11.5 Å². The SMILES string of the molecule is Cc1ccc(C(=O)CSc2nnc(-c3ccncc3)n2-c2ccc(Cl)cc2)cc1. The van der Waals surface area contributed by atoms with Crippen LogP contribution in [0.1, 0.15) is 15.9 Å². The van der Waals surface area contributed by atoms with E-state index in [9.17, 15) is 4.79 Å². The van der Waals surface area contributed by atoms with Gasteiger partial charge in [-0.1, -0.05) is 53.2 Å². The minimum atomic E-state index is 0.0473. The molecule has 4 rings (SSSR count). The number of aromatic nitrogens is 4. The Balaban J connectivity index is 1.66. The number of carbonyl (C=O) groups is 1. The van der Waals surface area contributed by atoms with Gasteiger partial charge in [0.2, 0.25) is 0 Å². The third-order valence-electron chi connectivity index (χ3n) is 4.36. The van der Waals surface area contributed by atoms with E-state index in [1.807, 2.05) is 72.2 Å². The van der Waals surface area contributed by atoms with Crippen molar-refractivity contribution in [2.45, 2.75) is 12.1 Å². The fourth-order valence-electron chi connectivity index (χ4n) is 2.83. The first-order chi connectivity index (χ1) is 14.1. The Labute approximate surface area is 177 Å². The summed E-state index contributed by atoms with van der Waals surface area (Å²) in [7, 11) is 0. The Bertz CT molecular complexity index is 1130. The third-order valence-corrected chi connectivity index (χ3v) is 5.54. The lowest BCUT2D eigenvalue weighted by molar-refractivity contribution is 0.102. The van der Waals surface area contributed by atoms with Crippen LogP contribution in [0.25, 0.3) is 17.1 Å². The number of hydrogen-bond donors (Lipinski definition) is 0. The lowest BCUT2D eigenvalue weighted by Crippen LogP contribution is -2.05. The predicted molar refractivity (Wildman–Crippen MR) is 116 cm³/mol. The maximum absolute atomic E-state index is 12.6. The Hall–Kier alpha value is -2.96. The highest BCUT2D eigenvalue weighted by molar-refractivity contribution is 7.99. The van der Waals surface area contributed by atoms with Crippen LogP contribution in [0.3, 0.4) is 0 Å². The standard InChI is InChI=1S/C22H17ClN4OS/c1-15-2-4-16(5-3-15)20(28)14-29-22-26-25-21(17-10-12-24-13-11-17)27(22)19-8-6-18(23)7-9-19/h2-13H,14H2,1H3. The minimum absolute atomic E-state index is 0.0473. The van der Waals surface area contributed by atoms with Gasteiger partial charge in [-0.25, -0.2) is 0 Å². The summed E-state index contributed by atoms with van der Waals surface area (Å²) < 4.78 is 1.93. The number of aryl methyl sites for hydroxylation is 1. The number of hydrogen-bond acceptors (Lipinski definition) is 5. The monoisotopic (exact) mass is 420 g/mol. The molecule has 0 bridgehead atoms. The van der Waals surface area contributed by atoms with E-state index in [1.54, 1.807) is 12.4 Å². The lowest BCUT2D eigenvalue weighted by atomic mass is 10.1. The average Bonchev–Trinajstić information content (AvgIpc) is 3.17. The maximum Gasteiger partial charge on any atom is 0.196 e. The van der Waals surface area contributed by atoms with Gasteiger partial charge in [-0.3, -0.25) is 14.3 Å². The minimum Gasteiger partial charge on any atom is -0.293 e. The highest BCUT2D eigenvalue weighted by Gasteiger charge is 2.17. The van der Waals surface area contributed by atoms with Crippen molar-refractivity contribution in [2.24, 2.45) is 0 Å². The van der Waals surface area contributed by atoms with E-state index in [2.05, 4.69) is 15.2 Å². The maximum atomic E-state index is 12.6. The molecule has 0 saturated heterocycles. The first-order valence-corrected chi connectivity index (χ1v) is 10.3. The molecular formula is C22H17ClN4OS. The lowest BCUT2D eigenvalue weighted by Gasteiger charge is -2.10. The van der Waals surface area contributed by atoms with Gasteiger partial charge in [-0.05, 0) is 43.3 Å². The van der Waals surface area contributed by atoms with Crippen molar-refractivity contribution in [2.75, 3.05) is 5.75 Å². The molecular weight excluding hydrogens is 404 g/mol. The van der Waals surface area contributed by atoms with Crippen LogP contribution in [0, 0.1) is 6.92 Å². The normalized spacial score (nSPS) is 10.8. The summed E-state index contributed by atoms with van der Waals surface area (Å²) in [6, 6.07) is 18.8. The highest BCUT2D eigenvalue weighted by atomic mass is 35.5. The molecule has 2 aromatic carbocycles. The van der Waals surface area contributed by atoms with Gasteiger partial charge in [-0.2, -0.15) is 0 Å². The molecule has 0 radical (unpaired) electrons. The van der Waals surface area contributed by atoms with E-state index >= 15 is 0 Å². The summed E-state index contributed by atoms with van der Waals surface area (Å²) in [4.78, 5) is 16.7. The van der Waals surface area contributed by atoms with Crippen LogP contribution in [0.4, 0.5) is 0 Å². The third kappa shape index (κ3) is 4.39. The Morgan fingerprint density at radius 3 is 2.34 bits per heavy atom. The van der Waals surface area contributed by atoms with Gasteiger partial charge in [-0.15, -0.1) is 10.2 Å². The van der Waals surface area contributed by atoms with E-state index in [4.69, 9.17) is 11.6 Å². The number of benzene rings is 2. The van der Waals surface area contributed by atoms with Crippen molar-refractivity contribution in [3.63, 3.8) is 0 Å². The van der Waals surface area contributed by atoms with Crippen molar-refractivity contribution in [1.82, 2.24) is 19.7 Å². The number of rotatable bonds is 6. The molecule has 0 saturated carbocycles. The zero-order chi connectivity index (χ0) is 20.2. The molecule has 144 valence electrons. The van der Waals surface area contributed by atoms with Crippen molar-refractivity contribution >= 4 is 29.1 Å².